The first-order valence-corrected chi connectivity index (χ1v) is 5.55. The Hall–Kier alpha value is 0.350. The highest BCUT2D eigenvalue weighted by atomic mass is 32.2. The Balaban J connectivity index is 3.12. The van der Waals surface area contributed by atoms with E-state index in [1.54, 1.807) is 0 Å². The molecule has 1 atom stereocenters. The molecule has 0 N–H and O–H groups in total. The molecule has 0 heterocycles. The van der Waals surface area contributed by atoms with Crippen LogP contribution in [0.1, 0.15) is 33.6 Å². The topological polar surface area (TPSA) is 0 Å². The molecule has 1 heteroatoms. The number of hydrogen-bond donors (Lipinski definition) is 0. The maximum absolute atomic E-state index is 2.35. The third-order valence-corrected chi connectivity index (χ3v) is 2.59. The van der Waals surface area contributed by atoms with E-state index in [0.29, 0.717) is 0 Å². The zero-order valence-electron chi connectivity index (χ0n) is 7.68. The van der Waals surface area contributed by atoms with Crippen molar-refractivity contribution in [2.75, 3.05) is 12.0 Å². The van der Waals surface area contributed by atoms with Gasteiger partial charge in [-0.2, -0.15) is 11.8 Å². The summed E-state index contributed by atoms with van der Waals surface area (Å²) in [5.74, 6) is 3.12. The zero-order chi connectivity index (χ0) is 7.98. The normalized spacial score (nSPS) is 14.1. The Bertz CT molecular complexity index is 69.1. The van der Waals surface area contributed by atoms with E-state index < -0.39 is 0 Å². The Morgan fingerprint density at radius 2 is 1.70 bits per heavy atom. The van der Waals surface area contributed by atoms with E-state index in [0.717, 1.165) is 11.8 Å². The summed E-state index contributed by atoms with van der Waals surface area (Å²) in [6.45, 7) is 6.94. The molecule has 0 rings (SSSR count). The van der Waals surface area contributed by atoms with Gasteiger partial charge in [-0.25, -0.2) is 0 Å². The Labute approximate surface area is 69.8 Å². The van der Waals surface area contributed by atoms with Crippen LogP contribution in [0.15, 0.2) is 0 Å². The minimum absolute atomic E-state index is 0.879. The number of rotatable bonds is 5. The van der Waals surface area contributed by atoms with Crippen LogP contribution in [0, 0.1) is 11.8 Å². The summed E-state index contributed by atoms with van der Waals surface area (Å²) in [7, 11) is 0. The average molecular weight is 160 g/mol. The maximum atomic E-state index is 2.35. The summed E-state index contributed by atoms with van der Waals surface area (Å²) in [6.07, 6.45) is 4.98. The molecule has 0 saturated heterocycles. The van der Waals surface area contributed by atoms with E-state index in [9.17, 15) is 0 Å². The molecule has 0 aromatic heterocycles. The van der Waals surface area contributed by atoms with E-state index in [1.165, 1.54) is 18.6 Å². The molecule has 0 fully saturated rings. The highest BCUT2D eigenvalue weighted by Crippen LogP contribution is 2.14. The van der Waals surface area contributed by atoms with E-state index in [4.69, 9.17) is 0 Å². The Morgan fingerprint density at radius 3 is 2.10 bits per heavy atom. The van der Waals surface area contributed by atoms with E-state index in [1.807, 2.05) is 11.8 Å². The first kappa shape index (κ1) is 10.3. The molecule has 0 spiro atoms. The zero-order valence-corrected chi connectivity index (χ0v) is 8.50. The first-order valence-electron chi connectivity index (χ1n) is 4.15. The fraction of sp³-hybridized carbons (Fsp3) is 1.00. The molecule has 0 saturated carbocycles. The van der Waals surface area contributed by atoms with Crippen LogP contribution < -0.4 is 0 Å². The van der Waals surface area contributed by atoms with Crippen molar-refractivity contribution < 1.29 is 0 Å². The van der Waals surface area contributed by atoms with Gasteiger partial charge >= 0.3 is 0 Å². The SMILES string of the molecule is CSCC(C)CCC(C)C. The molecule has 0 aromatic carbocycles. The lowest BCUT2D eigenvalue weighted by molar-refractivity contribution is 0.480. The monoisotopic (exact) mass is 160 g/mol. The maximum Gasteiger partial charge on any atom is -0.00445 e. The van der Waals surface area contributed by atoms with Gasteiger partial charge in [0.2, 0.25) is 0 Å². The third kappa shape index (κ3) is 6.47. The van der Waals surface area contributed by atoms with Crippen molar-refractivity contribution in [3.63, 3.8) is 0 Å². The first-order chi connectivity index (χ1) is 4.66. The van der Waals surface area contributed by atoms with Gasteiger partial charge in [0.1, 0.15) is 0 Å². The average Bonchev–Trinajstić information content (AvgIpc) is 1.85. The molecule has 0 aliphatic rings. The number of thioether (sulfide) groups is 1. The van der Waals surface area contributed by atoms with Crippen molar-refractivity contribution >= 4 is 11.8 Å². The summed E-state index contributed by atoms with van der Waals surface area (Å²) >= 11 is 1.96. The third-order valence-electron chi connectivity index (χ3n) is 1.69. The van der Waals surface area contributed by atoms with Crippen molar-refractivity contribution in [2.45, 2.75) is 33.6 Å². The quantitative estimate of drug-likeness (QED) is 0.594. The second kappa shape index (κ2) is 6.09. The molecular formula is C9H20S. The van der Waals surface area contributed by atoms with Gasteiger partial charge in [0.25, 0.3) is 0 Å². The summed E-state index contributed by atoms with van der Waals surface area (Å²) in [4.78, 5) is 0. The van der Waals surface area contributed by atoms with Gasteiger partial charge in [-0.3, -0.25) is 0 Å². The van der Waals surface area contributed by atoms with Gasteiger partial charge < -0.3 is 0 Å². The predicted molar refractivity (Wildman–Crippen MR) is 51.6 cm³/mol. The van der Waals surface area contributed by atoms with Crippen LogP contribution >= 0.6 is 11.8 Å². The fourth-order valence-corrected chi connectivity index (χ4v) is 1.72. The lowest BCUT2D eigenvalue weighted by Crippen LogP contribution is -1.99. The fourth-order valence-electron chi connectivity index (χ4n) is 0.986. The molecule has 0 radical (unpaired) electrons. The van der Waals surface area contributed by atoms with Crippen LogP contribution in [-0.2, 0) is 0 Å². The minimum Gasteiger partial charge on any atom is -0.165 e. The minimum atomic E-state index is 0.879. The van der Waals surface area contributed by atoms with E-state index in [2.05, 4.69) is 27.0 Å². The molecule has 0 aliphatic carbocycles. The van der Waals surface area contributed by atoms with Gasteiger partial charge in [-0.15, -0.1) is 0 Å². The van der Waals surface area contributed by atoms with Gasteiger partial charge in [-0.1, -0.05) is 27.2 Å². The largest absolute Gasteiger partial charge is 0.165 e. The second-order valence-corrected chi connectivity index (χ2v) is 4.44. The van der Waals surface area contributed by atoms with Gasteiger partial charge in [-0.05, 0) is 30.3 Å². The van der Waals surface area contributed by atoms with E-state index >= 15 is 0 Å². The lowest BCUT2D eigenvalue weighted by Gasteiger charge is -2.10. The van der Waals surface area contributed by atoms with Crippen molar-refractivity contribution in [3.8, 4) is 0 Å². The summed E-state index contributed by atoms with van der Waals surface area (Å²) < 4.78 is 0. The molecule has 0 aliphatic heterocycles. The molecule has 0 amide bonds. The molecule has 62 valence electrons. The summed E-state index contributed by atoms with van der Waals surface area (Å²) in [5, 5.41) is 0. The van der Waals surface area contributed by atoms with Gasteiger partial charge in [0.05, 0.1) is 0 Å². The summed E-state index contributed by atoms with van der Waals surface area (Å²) in [6, 6.07) is 0. The van der Waals surface area contributed by atoms with Crippen molar-refractivity contribution in [2.24, 2.45) is 11.8 Å². The molecule has 0 aromatic rings. The van der Waals surface area contributed by atoms with Gasteiger partial charge in [0, 0.05) is 0 Å². The van der Waals surface area contributed by atoms with Crippen molar-refractivity contribution in [3.05, 3.63) is 0 Å². The van der Waals surface area contributed by atoms with Crippen LogP contribution in [0.25, 0.3) is 0 Å². The molecular weight excluding hydrogens is 140 g/mol. The standard InChI is InChI=1S/C9H20S/c1-8(2)5-6-9(3)7-10-4/h8-9H,5-7H2,1-4H3. The smallest absolute Gasteiger partial charge is 0.00445 e. The van der Waals surface area contributed by atoms with Crippen molar-refractivity contribution in [1.29, 1.82) is 0 Å². The van der Waals surface area contributed by atoms with E-state index in [-0.39, 0.29) is 0 Å². The predicted octanol–water partition coefficient (Wildman–Crippen LogP) is 3.42. The Morgan fingerprint density at radius 1 is 1.10 bits per heavy atom. The van der Waals surface area contributed by atoms with Crippen LogP contribution in [0.2, 0.25) is 0 Å². The molecule has 0 nitrogen and oxygen atoms in total. The molecule has 1 unspecified atom stereocenters. The van der Waals surface area contributed by atoms with Crippen LogP contribution in [0.4, 0.5) is 0 Å². The highest BCUT2D eigenvalue weighted by Gasteiger charge is 2.01. The van der Waals surface area contributed by atoms with Crippen LogP contribution in [-0.4, -0.2) is 12.0 Å². The highest BCUT2D eigenvalue weighted by molar-refractivity contribution is 7.98. The molecule has 0 bridgehead atoms. The number of hydrogen-bond acceptors (Lipinski definition) is 1. The second-order valence-electron chi connectivity index (χ2n) is 3.53. The van der Waals surface area contributed by atoms with Crippen molar-refractivity contribution in [1.82, 2.24) is 0 Å². The van der Waals surface area contributed by atoms with Crippen LogP contribution in [0.3, 0.4) is 0 Å². The Kier molecular flexibility index (Phi) is 6.30. The lowest BCUT2D eigenvalue weighted by atomic mass is 10.0. The van der Waals surface area contributed by atoms with Crippen LogP contribution in [0.5, 0.6) is 0 Å². The molecule has 10 heavy (non-hydrogen) atoms. The summed E-state index contributed by atoms with van der Waals surface area (Å²) in [5.41, 5.74) is 0. The van der Waals surface area contributed by atoms with Gasteiger partial charge in [0.15, 0.2) is 0 Å².